The van der Waals surface area contributed by atoms with Crippen molar-refractivity contribution in [2.24, 2.45) is 5.14 Å². The van der Waals surface area contributed by atoms with Gasteiger partial charge in [-0.1, -0.05) is 42.5 Å². The van der Waals surface area contributed by atoms with E-state index in [1.807, 2.05) is 0 Å². The highest BCUT2D eigenvalue weighted by atomic mass is 32.2. The molecule has 0 aliphatic heterocycles. The molecule has 3 nitrogen and oxygen atoms in total. The fourth-order valence-corrected chi connectivity index (χ4v) is 3.46. The van der Waals surface area contributed by atoms with Crippen molar-refractivity contribution in [3.8, 4) is 22.3 Å². The summed E-state index contributed by atoms with van der Waals surface area (Å²) < 4.78 is 51.7. The van der Waals surface area contributed by atoms with E-state index in [4.69, 9.17) is 5.14 Å². The summed E-state index contributed by atoms with van der Waals surface area (Å²) in [7, 11) is -3.95. The fourth-order valence-electron chi connectivity index (χ4n) is 2.71. The van der Waals surface area contributed by atoms with Crippen molar-refractivity contribution in [1.29, 1.82) is 0 Å². The molecule has 0 aliphatic carbocycles. The third-order valence-electron chi connectivity index (χ3n) is 4.00. The summed E-state index contributed by atoms with van der Waals surface area (Å²) in [4.78, 5) is -0.0458. The van der Waals surface area contributed by atoms with Crippen molar-refractivity contribution in [2.45, 2.75) is 11.8 Å². The van der Waals surface area contributed by atoms with Gasteiger partial charge < -0.3 is 0 Å². The van der Waals surface area contributed by atoms with Gasteiger partial charge >= 0.3 is 0 Å². The predicted octanol–water partition coefficient (Wildman–Crippen LogP) is 4.25. The molecular weight excluding hydrogens is 344 g/mol. The monoisotopic (exact) mass is 359 g/mol. The summed E-state index contributed by atoms with van der Waals surface area (Å²) in [5, 5.41) is 5.30. The Bertz CT molecular complexity index is 1040. The minimum atomic E-state index is -3.95. The molecule has 0 amide bonds. The Labute approximate surface area is 144 Å². The lowest BCUT2D eigenvalue weighted by Gasteiger charge is -2.14. The number of rotatable bonds is 3. The van der Waals surface area contributed by atoms with Gasteiger partial charge in [-0.2, -0.15) is 0 Å². The van der Waals surface area contributed by atoms with E-state index in [0.29, 0.717) is 22.3 Å². The minimum absolute atomic E-state index is 0.0458. The van der Waals surface area contributed by atoms with Gasteiger partial charge in [-0.15, -0.1) is 0 Å². The van der Waals surface area contributed by atoms with Crippen LogP contribution in [0.5, 0.6) is 0 Å². The first-order valence-corrected chi connectivity index (χ1v) is 9.01. The third-order valence-corrected chi connectivity index (χ3v) is 4.97. The molecule has 0 unspecified atom stereocenters. The molecule has 0 heterocycles. The van der Waals surface area contributed by atoms with Crippen LogP contribution in [0.4, 0.5) is 8.78 Å². The van der Waals surface area contributed by atoms with E-state index in [9.17, 15) is 17.2 Å². The van der Waals surface area contributed by atoms with Crippen LogP contribution in [-0.4, -0.2) is 8.42 Å². The van der Waals surface area contributed by atoms with Gasteiger partial charge in [-0.25, -0.2) is 22.3 Å². The molecule has 3 rings (SSSR count). The molecule has 0 aromatic heterocycles. The first-order valence-electron chi connectivity index (χ1n) is 7.46. The lowest BCUT2D eigenvalue weighted by Crippen LogP contribution is -2.13. The number of benzene rings is 3. The zero-order valence-electron chi connectivity index (χ0n) is 13.3. The van der Waals surface area contributed by atoms with Crippen molar-refractivity contribution in [3.63, 3.8) is 0 Å². The van der Waals surface area contributed by atoms with E-state index in [1.165, 1.54) is 25.1 Å². The van der Waals surface area contributed by atoms with Crippen LogP contribution in [-0.2, 0) is 10.0 Å². The van der Waals surface area contributed by atoms with E-state index < -0.39 is 21.7 Å². The Balaban J connectivity index is 2.30. The maximum absolute atomic E-state index is 14.0. The van der Waals surface area contributed by atoms with Gasteiger partial charge in [0.25, 0.3) is 0 Å². The second-order valence-corrected chi connectivity index (χ2v) is 7.18. The SMILES string of the molecule is Cc1c(F)cc(-c2ccccc2-c2ccccc2S(N)(=O)=O)cc1F. The average molecular weight is 359 g/mol. The summed E-state index contributed by atoms with van der Waals surface area (Å²) in [5.74, 6) is -1.32. The largest absolute Gasteiger partial charge is 0.238 e. The minimum Gasteiger partial charge on any atom is -0.225 e. The number of primary sulfonamides is 1. The number of sulfonamides is 1. The fraction of sp³-hybridized carbons (Fsp3) is 0.0526. The standard InChI is InChI=1S/C19H15F2NO2S/c1-12-17(20)10-13(11-18(12)21)14-6-2-3-7-15(14)16-8-4-5-9-19(16)25(22,23)24/h2-11H,1H3,(H2,22,23,24). The van der Waals surface area contributed by atoms with Crippen LogP contribution in [0.15, 0.2) is 65.6 Å². The molecule has 2 N–H and O–H groups in total. The summed E-state index contributed by atoms with van der Waals surface area (Å²) in [5.41, 5.74) is 1.67. The highest BCUT2D eigenvalue weighted by Crippen LogP contribution is 2.36. The first kappa shape index (κ1) is 17.3. The van der Waals surface area contributed by atoms with Crippen LogP contribution in [0.3, 0.4) is 0 Å². The second-order valence-electron chi connectivity index (χ2n) is 5.65. The highest BCUT2D eigenvalue weighted by molar-refractivity contribution is 7.89. The summed E-state index contributed by atoms with van der Waals surface area (Å²) in [6.45, 7) is 1.36. The average Bonchev–Trinajstić information content (AvgIpc) is 2.58. The molecule has 0 saturated carbocycles. The Morgan fingerprint density at radius 1 is 0.800 bits per heavy atom. The first-order chi connectivity index (χ1) is 11.8. The van der Waals surface area contributed by atoms with Crippen molar-refractivity contribution >= 4 is 10.0 Å². The molecule has 6 heteroatoms. The van der Waals surface area contributed by atoms with Crippen LogP contribution < -0.4 is 5.14 Å². The quantitative estimate of drug-likeness (QED) is 0.760. The van der Waals surface area contributed by atoms with Crippen molar-refractivity contribution in [3.05, 3.63) is 77.9 Å². The molecule has 0 atom stereocenters. The predicted molar refractivity (Wildman–Crippen MR) is 93.3 cm³/mol. The molecule has 3 aromatic carbocycles. The molecule has 3 aromatic rings. The zero-order chi connectivity index (χ0) is 18.2. The lowest BCUT2D eigenvalue weighted by molar-refractivity contribution is 0.569. The molecule has 0 bridgehead atoms. The maximum Gasteiger partial charge on any atom is 0.238 e. The normalized spacial score (nSPS) is 11.5. The topological polar surface area (TPSA) is 60.2 Å². The van der Waals surface area contributed by atoms with Gasteiger partial charge in [0.1, 0.15) is 11.6 Å². The van der Waals surface area contributed by atoms with E-state index in [0.717, 1.165) is 0 Å². The molecule has 0 saturated heterocycles. The van der Waals surface area contributed by atoms with Crippen LogP contribution in [0, 0.1) is 18.6 Å². The van der Waals surface area contributed by atoms with E-state index in [2.05, 4.69) is 0 Å². The number of nitrogens with two attached hydrogens (primary N) is 1. The molecular formula is C19H15F2NO2S. The highest BCUT2D eigenvalue weighted by Gasteiger charge is 2.18. The van der Waals surface area contributed by atoms with Crippen LogP contribution in [0.2, 0.25) is 0 Å². The molecule has 0 fully saturated rings. The smallest absolute Gasteiger partial charge is 0.225 e. The molecule has 128 valence electrons. The van der Waals surface area contributed by atoms with Gasteiger partial charge in [-0.05, 0) is 41.8 Å². The third kappa shape index (κ3) is 3.31. The van der Waals surface area contributed by atoms with Crippen LogP contribution in [0.25, 0.3) is 22.3 Å². The molecule has 25 heavy (non-hydrogen) atoms. The summed E-state index contributed by atoms with van der Waals surface area (Å²) >= 11 is 0. The van der Waals surface area contributed by atoms with Crippen LogP contribution >= 0.6 is 0 Å². The van der Waals surface area contributed by atoms with E-state index in [1.54, 1.807) is 42.5 Å². The van der Waals surface area contributed by atoms with Gasteiger partial charge in [0, 0.05) is 11.1 Å². The van der Waals surface area contributed by atoms with Crippen molar-refractivity contribution < 1.29 is 17.2 Å². The summed E-state index contributed by atoms with van der Waals surface area (Å²) in [6.07, 6.45) is 0. The zero-order valence-corrected chi connectivity index (χ0v) is 14.1. The second kappa shape index (κ2) is 6.38. The Morgan fingerprint density at radius 2 is 1.28 bits per heavy atom. The summed E-state index contributed by atoms with van der Waals surface area (Å²) in [6, 6.07) is 15.5. The number of hydrogen-bond donors (Lipinski definition) is 1. The van der Waals surface area contributed by atoms with E-state index >= 15 is 0 Å². The van der Waals surface area contributed by atoms with E-state index in [-0.39, 0.29) is 10.5 Å². The number of hydrogen-bond acceptors (Lipinski definition) is 2. The van der Waals surface area contributed by atoms with Gasteiger partial charge in [-0.3, -0.25) is 0 Å². The van der Waals surface area contributed by atoms with Gasteiger partial charge in [0.15, 0.2) is 0 Å². The van der Waals surface area contributed by atoms with Crippen molar-refractivity contribution in [2.75, 3.05) is 0 Å². The Hall–Kier alpha value is -2.57. The molecule has 0 radical (unpaired) electrons. The Morgan fingerprint density at radius 3 is 1.84 bits per heavy atom. The van der Waals surface area contributed by atoms with Crippen molar-refractivity contribution in [1.82, 2.24) is 0 Å². The van der Waals surface area contributed by atoms with Crippen LogP contribution in [0.1, 0.15) is 5.56 Å². The molecule has 0 spiro atoms. The van der Waals surface area contributed by atoms with Gasteiger partial charge in [0.05, 0.1) is 4.90 Å². The lowest BCUT2D eigenvalue weighted by atomic mass is 9.94. The Kier molecular flexibility index (Phi) is 4.41. The number of halogens is 2. The van der Waals surface area contributed by atoms with Gasteiger partial charge in [0.2, 0.25) is 10.0 Å². The maximum atomic E-state index is 14.0. The molecule has 0 aliphatic rings.